The van der Waals surface area contributed by atoms with Crippen molar-refractivity contribution in [3.8, 4) is 0 Å². The molecule has 0 radical (unpaired) electrons. The second-order valence-corrected chi connectivity index (χ2v) is 5.05. The molecule has 1 aromatic carbocycles. The van der Waals surface area contributed by atoms with Gasteiger partial charge in [0.25, 0.3) is 0 Å². The normalized spacial score (nSPS) is 14.7. The minimum atomic E-state index is -4.35. The number of alkyl halides is 3. The van der Waals surface area contributed by atoms with E-state index in [-0.39, 0.29) is 24.4 Å². The van der Waals surface area contributed by atoms with Crippen molar-refractivity contribution < 1.29 is 18.0 Å². The Morgan fingerprint density at radius 1 is 1.25 bits per heavy atom. The lowest BCUT2D eigenvalue weighted by molar-refractivity contribution is -0.137. The van der Waals surface area contributed by atoms with E-state index in [2.05, 4.69) is 5.32 Å². The maximum absolute atomic E-state index is 12.4. The second kappa shape index (κ2) is 6.74. The molecule has 2 unspecified atom stereocenters. The van der Waals surface area contributed by atoms with Crippen LogP contribution in [0.5, 0.6) is 0 Å². The summed E-state index contributed by atoms with van der Waals surface area (Å²) in [5, 5.41) is 2.76. The van der Waals surface area contributed by atoms with E-state index in [9.17, 15) is 18.0 Å². The minimum absolute atomic E-state index is 0.0173. The van der Waals surface area contributed by atoms with Crippen LogP contribution in [0.25, 0.3) is 0 Å². The van der Waals surface area contributed by atoms with Gasteiger partial charge in [0, 0.05) is 12.1 Å². The van der Waals surface area contributed by atoms with Crippen molar-refractivity contribution in [2.24, 2.45) is 5.73 Å². The van der Waals surface area contributed by atoms with Crippen molar-refractivity contribution in [3.05, 3.63) is 35.4 Å². The predicted molar refractivity (Wildman–Crippen MR) is 71.0 cm³/mol. The quantitative estimate of drug-likeness (QED) is 0.874. The molecule has 0 heterocycles. The van der Waals surface area contributed by atoms with Gasteiger partial charge in [0.1, 0.15) is 0 Å². The van der Waals surface area contributed by atoms with Gasteiger partial charge in [0.2, 0.25) is 5.91 Å². The Morgan fingerprint density at radius 2 is 1.80 bits per heavy atom. The third kappa shape index (κ3) is 5.61. The molecule has 2 atom stereocenters. The molecular formula is C14H19F3N2O. The Hall–Kier alpha value is -1.56. The molecule has 0 aliphatic heterocycles. The Kier molecular flexibility index (Phi) is 5.56. The van der Waals surface area contributed by atoms with Gasteiger partial charge >= 0.3 is 6.18 Å². The summed E-state index contributed by atoms with van der Waals surface area (Å²) in [5.41, 5.74) is 5.45. The van der Waals surface area contributed by atoms with Crippen LogP contribution in [0.3, 0.4) is 0 Å². The first-order valence-corrected chi connectivity index (χ1v) is 6.39. The molecule has 0 fully saturated rings. The maximum atomic E-state index is 12.4. The van der Waals surface area contributed by atoms with E-state index in [0.29, 0.717) is 12.0 Å². The van der Waals surface area contributed by atoms with E-state index >= 15 is 0 Å². The van der Waals surface area contributed by atoms with Gasteiger partial charge < -0.3 is 11.1 Å². The molecule has 1 aromatic rings. The molecule has 0 aliphatic carbocycles. The molecular weight excluding hydrogens is 269 g/mol. The zero-order valence-electron chi connectivity index (χ0n) is 11.5. The Labute approximate surface area is 116 Å². The molecule has 1 rings (SSSR count). The number of carbonyl (C=O) groups is 1. The number of amides is 1. The summed E-state index contributed by atoms with van der Waals surface area (Å²) in [6.07, 6.45) is -3.65. The van der Waals surface area contributed by atoms with Crippen LogP contribution in [0.1, 0.15) is 31.4 Å². The van der Waals surface area contributed by atoms with E-state index in [1.165, 1.54) is 12.1 Å². The van der Waals surface area contributed by atoms with Gasteiger partial charge in [-0.15, -0.1) is 0 Å². The van der Waals surface area contributed by atoms with Crippen molar-refractivity contribution in [1.29, 1.82) is 0 Å². The zero-order chi connectivity index (χ0) is 15.3. The summed E-state index contributed by atoms with van der Waals surface area (Å²) in [6, 6.07) is 4.52. The Balaban J connectivity index is 2.54. The number of rotatable bonds is 5. The van der Waals surface area contributed by atoms with Gasteiger partial charge in [-0.05, 0) is 38.0 Å². The van der Waals surface area contributed by atoms with E-state index in [1.54, 1.807) is 0 Å². The summed E-state index contributed by atoms with van der Waals surface area (Å²) in [4.78, 5) is 11.7. The molecule has 0 saturated heterocycles. The smallest absolute Gasteiger partial charge is 0.353 e. The van der Waals surface area contributed by atoms with Crippen LogP contribution >= 0.6 is 0 Å². The molecule has 112 valence electrons. The topological polar surface area (TPSA) is 55.1 Å². The monoisotopic (exact) mass is 288 g/mol. The van der Waals surface area contributed by atoms with E-state index < -0.39 is 11.7 Å². The van der Waals surface area contributed by atoms with Crippen molar-refractivity contribution in [2.45, 2.75) is 44.9 Å². The standard InChI is InChI=1S/C14H19F3N2O/c1-9(18)7-10(2)19-13(20)8-11-3-5-12(6-4-11)14(15,16)17/h3-6,9-10H,7-8,18H2,1-2H3,(H,19,20). The number of benzene rings is 1. The third-order valence-electron chi connectivity index (χ3n) is 2.78. The lowest BCUT2D eigenvalue weighted by Crippen LogP contribution is -2.37. The van der Waals surface area contributed by atoms with E-state index in [1.807, 2.05) is 13.8 Å². The Bertz CT molecular complexity index is 441. The van der Waals surface area contributed by atoms with Gasteiger partial charge in [0.05, 0.1) is 12.0 Å². The summed E-state index contributed by atoms with van der Waals surface area (Å²) < 4.78 is 37.2. The molecule has 20 heavy (non-hydrogen) atoms. The molecule has 0 aromatic heterocycles. The SMILES string of the molecule is CC(N)CC(C)NC(=O)Cc1ccc(C(F)(F)F)cc1. The highest BCUT2D eigenvalue weighted by Gasteiger charge is 2.29. The lowest BCUT2D eigenvalue weighted by atomic mass is 10.1. The summed E-state index contributed by atoms with van der Waals surface area (Å²) in [5.74, 6) is -0.224. The average Bonchev–Trinajstić information content (AvgIpc) is 2.26. The highest BCUT2D eigenvalue weighted by atomic mass is 19.4. The maximum Gasteiger partial charge on any atom is 0.416 e. The van der Waals surface area contributed by atoms with Crippen LogP contribution in [0.15, 0.2) is 24.3 Å². The number of hydrogen-bond acceptors (Lipinski definition) is 2. The van der Waals surface area contributed by atoms with Crippen molar-refractivity contribution in [2.75, 3.05) is 0 Å². The first-order chi connectivity index (χ1) is 9.18. The average molecular weight is 288 g/mol. The number of nitrogens with two attached hydrogens (primary N) is 1. The van der Waals surface area contributed by atoms with Crippen LogP contribution in [-0.4, -0.2) is 18.0 Å². The van der Waals surface area contributed by atoms with Crippen LogP contribution in [-0.2, 0) is 17.4 Å². The molecule has 0 bridgehead atoms. The van der Waals surface area contributed by atoms with Gasteiger partial charge in [-0.25, -0.2) is 0 Å². The number of hydrogen-bond donors (Lipinski definition) is 2. The third-order valence-corrected chi connectivity index (χ3v) is 2.78. The molecule has 1 amide bonds. The molecule has 6 heteroatoms. The predicted octanol–water partition coefficient (Wildman–Crippen LogP) is 2.49. The van der Waals surface area contributed by atoms with E-state index in [0.717, 1.165) is 12.1 Å². The first kappa shape index (κ1) is 16.5. The zero-order valence-corrected chi connectivity index (χ0v) is 11.5. The first-order valence-electron chi connectivity index (χ1n) is 6.39. The van der Waals surface area contributed by atoms with Crippen LogP contribution in [0.4, 0.5) is 13.2 Å². The summed E-state index contributed by atoms with van der Waals surface area (Å²) >= 11 is 0. The highest BCUT2D eigenvalue weighted by molar-refractivity contribution is 5.78. The number of carbonyl (C=O) groups excluding carboxylic acids is 1. The fourth-order valence-corrected chi connectivity index (χ4v) is 1.94. The van der Waals surface area contributed by atoms with Gasteiger partial charge in [-0.2, -0.15) is 13.2 Å². The van der Waals surface area contributed by atoms with Crippen molar-refractivity contribution in [3.63, 3.8) is 0 Å². The van der Waals surface area contributed by atoms with Gasteiger partial charge in [0.15, 0.2) is 0 Å². The van der Waals surface area contributed by atoms with Crippen molar-refractivity contribution in [1.82, 2.24) is 5.32 Å². The number of nitrogens with one attached hydrogen (secondary N) is 1. The highest BCUT2D eigenvalue weighted by Crippen LogP contribution is 2.29. The fraction of sp³-hybridized carbons (Fsp3) is 0.500. The summed E-state index contributed by atoms with van der Waals surface area (Å²) in [7, 11) is 0. The molecule has 0 aliphatic rings. The fourth-order valence-electron chi connectivity index (χ4n) is 1.94. The number of halogens is 3. The second-order valence-electron chi connectivity index (χ2n) is 5.05. The van der Waals surface area contributed by atoms with Crippen molar-refractivity contribution >= 4 is 5.91 Å². The Morgan fingerprint density at radius 3 is 2.25 bits per heavy atom. The summed E-state index contributed by atoms with van der Waals surface area (Å²) in [6.45, 7) is 3.69. The lowest BCUT2D eigenvalue weighted by Gasteiger charge is -2.16. The molecule has 0 saturated carbocycles. The molecule has 0 spiro atoms. The van der Waals surface area contributed by atoms with E-state index in [4.69, 9.17) is 5.73 Å². The largest absolute Gasteiger partial charge is 0.416 e. The van der Waals surface area contributed by atoms with Crippen LogP contribution < -0.4 is 11.1 Å². The van der Waals surface area contributed by atoms with Crippen LogP contribution in [0, 0.1) is 0 Å². The molecule has 3 N–H and O–H groups in total. The molecule has 3 nitrogen and oxygen atoms in total. The van der Waals surface area contributed by atoms with Gasteiger partial charge in [-0.3, -0.25) is 4.79 Å². The van der Waals surface area contributed by atoms with Crippen LogP contribution in [0.2, 0.25) is 0 Å². The van der Waals surface area contributed by atoms with Gasteiger partial charge in [-0.1, -0.05) is 12.1 Å². The minimum Gasteiger partial charge on any atom is -0.353 e.